The molecule has 1 heterocycles. The van der Waals surface area contributed by atoms with Crippen molar-refractivity contribution in [3.8, 4) is 0 Å². The molecule has 0 saturated heterocycles. The van der Waals surface area contributed by atoms with Crippen LogP contribution in [-0.4, -0.2) is 24.5 Å². The highest BCUT2D eigenvalue weighted by Crippen LogP contribution is 2.43. The quantitative estimate of drug-likeness (QED) is 0.789. The number of thiophene rings is 1. The van der Waals surface area contributed by atoms with Crippen LogP contribution in [0.2, 0.25) is 0 Å². The summed E-state index contributed by atoms with van der Waals surface area (Å²) in [5, 5.41) is 2.87. The maximum Gasteiger partial charge on any atom is 0.263 e. The first-order valence-electron chi connectivity index (χ1n) is 5.52. The predicted molar refractivity (Wildman–Crippen MR) is 79.5 cm³/mol. The van der Waals surface area contributed by atoms with Crippen molar-refractivity contribution in [2.75, 3.05) is 24.3 Å². The number of hydrogen-bond acceptors (Lipinski definition) is 5. The van der Waals surface area contributed by atoms with Gasteiger partial charge in [-0.3, -0.25) is 4.79 Å². The third kappa shape index (κ3) is 3.56. The molecule has 0 bridgehead atoms. The highest BCUT2D eigenvalue weighted by atomic mass is 32.2. The summed E-state index contributed by atoms with van der Waals surface area (Å²) in [7, 11) is 0. The molecule has 0 fully saturated rings. The Labute approximate surface area is 115 Å². The fourth-order valence-electron chi connectivity index (χ4n) is 1.31. The first-order chi connectivity index (χ1) is 8.15. The van der Waals surface area contributed by atoms with Gasteiger partial charge in [0.2, 0.25) is 0 Å². The summed E-state index contributed by atoms with van der Waals surface area (Å²) >= 11 is 4.85. The lowest BCUT2D eigenvalue weighted by atomic mass is 10.3. The second-order valence-electron chi connectivity index (χ2n) is 3.35. The Morgan fingerprint density at radius 1 is 1.47 bits per heavy atom. The number of nitrogen functional groups attached to an aromatic ring is 1. The van der Waals surface area contributed by atoms with Crippen molar-refractivity contribution in [1.82, 2.24) is 5.32 Å². The van der Waals surface area contributed by atoms with Gasteiger partial charge in [-0.15, -0.1) is 34.9 Å². The van der Waals surface area contributed by atoms with E-state index in [0.717, 1.165) is 21.3 Å². The summed E-state index contributed by atoms with van der Waals surface area (Å²) in [6.07, 6.45) is 2.93. The Balaban J connectivity index is 2.96. The van der Waals surface area contributed by atoms with Crippen LogP contribution in [0.5, 0.6) is 0 Å². The first-order valence-corrected chi connectivity index (χ1v) is 8.55. The van der Waals surface area contributed by atoms with Crippen LogP contribution < -0.4 is 11.1 Å². The lowest BCUT2D eigenvalue weighted by molar-refractivity contribution is 0.0958. The molecule has 0 atom stereocenters. The van der Waals surface area contributed by atoms with Gasteiger partial charge in [0.25, 0.3) is 5.91 Å². The molecule has 17 heavy (non-hydrogen) atoms. The minimum absolute atomic E-state index is 0.0485. The summed E-state index contributed by atoms with van der Waals surface area (Å²) in [5.74, 6) is 0.941. The molecule has 3 N–H and O–H groups in total. The maximum absolute atomic E-state index is 11.9. The summed E-state index contributed by atoms with van der Waals surface area (Å²) in [4.78, 5) is 13.6. The Kier molecular flexibility index (Phi) is 6.22. The van der Waals surface area contributed by atoms with Crippen LogP contribution in [0.1, 0.15) is 29.9 Å². The van der Waals surface area contributed by atoms with Gasteiger partial charge < -0.3 is 11.1 Å². The number of rotatable bonds is 6. The number of hydrogen-bond donors (Lipinski definition) is 2. The van der Waals surface area contributed by atoms with Gasteiger partial charge in [-0.2, -0.15) is 0 Å². The van der Waals surface area contributed by atoms with Crippen LogP contribution in [0.25, 0.3) is 0 Å². The van der Waals surface area contributed by atoms with E-state index in [-0.39, 0.29) is 5.91 Å². The van der Waals surface area contributed by atoms with Crippen LogP contribution in [-0.2, 0) is 0 Å². The van der Waals surface area contributed by atoms with E-state index in [4.69, 9.17) is 5.73 Å². The topological polar surface area (TPSA) is 55.1 Å². The minimum atomic E-state index is -0.0485. The van der Waals surface area contributed by atoms with E-state index in [1.165, 1.54) is 11.3 Å². The summed E-state index contributed by atoms with van der Waals surface area (Å²) in [5.41, 5.74) is 6.66. The molecular weight excluding hydrogens is 272 g/mol. The molecule has 1 aromatic heterocycles. The fourth-order valence-corrected chi connectivity index (χ4v) is 4.78. The van der Waals surface area contributed by atoms with Crippen molar-refractivity contribution in [1.29, 1.82) is 0 Å². The van der Waals surface area contributed by atoms with Gasteiger partial charge in [-0.1, -0.05) is 13.8 Å². The van der Waals surface area contributed by atoms with Crippen molar-refractivity contribution < 1.29 is 4.79 Å². The van der Waals surface area contributed by atoms with Crippen LogP contribution in [0.4, 0.5) is 5.69 Å². The number of anilines is 1. The monoisotopic (exact) mass is 290 g/mol. The average molecular weight is 290 g/mol. The van der Waals surface area contributed by atoms with Gasteiger partial charge in [0.15, 0.2) is 0 Å². The van der Waals surface area contributed by atoms with Crippen LogP contribution >= 0.6 is 34.9 Å². The number of carbonyl (C=O) groups excluding carboxylic acids is 1. The molecule has 1 aromatic rings. The van der Waals surface area contributed by atoms with Crippen LogP contribution in [0.3, 0.4) is 0 Å². The van der Waals surface area contributed by atoms with E-state index in [9.17, 15) is 4.79 Å². The van der Waals surface area contributed by atoms with Crippen molar-refractivity contribution in [2.24, 2.45) is 0 Å². The van der Waals surface area contributed by atoms with E-state index < -0.39 is 0 Å². The molecular formula is C11H18N2OS3. The zero-order valence-electron chi connectivity index (χ0n) is 10.3. The zero-order valence-corrected chi connectivity index (χ0v) is 12.8. The third-order valence-corrected chi connectivity index (χ3v) is 5.54. The molecule has 0 aliphatic rings. The molecule has 6 heteroatoms. The molecule has 0 radical (unpaired) electrons. The normalized spacial score (nSPS) is 10.5. The molecule has 0 unspecified atom stereocenters. The van der Waals surface area contributed by atoms with E-state index >= 15 is 0 Å². The molecule has 1 amide bonds. The Morgan fingerprint density at radius 2 is 2.18 bits per heavy atom. The third-order valence-electron chi connectivity index (χ3n) is 2.09. The second-order valence-corrected chi connectivity index (χ2v) is 6.72. The molecule has 0 aliphatic carbocycles. The Bertz CT molecular complexity index is 390. The lowest BCUT2D eigenvalue weighted by Gasteiger charge is -2.02. The lowest BCUT2D eigenvalue weighted by Crippen LogP contribution is -2.23. The van der Waals surface area contributed by atoms with Gasteiger partial charge in [-0.05, 0) is 18.4 Å². The average Bonchev–Trinajstić information content (AvgIpc) is 2.63. The first kappa shape index (κ1) is 14.7. The molecule has 0 aliphatic heterocycles. The summed E-state index contributed by atoms with van der Waals surface area (Å²) in [6.45, 7) is 4.83. The fraction of sp³-hybridized carbons (Fsp3) is 0.545. The maximum atomic E-state index is 11.9. The number of nitrogens with one attached hydrogen (secondary N) is 1. The standard InChI is InChI=1S/C11H18N2OS3/c1-4-6-13-10(14)8-7(12)9(15-3)11(17-8)16-5-2/h4-6,12H2,1-3H3,(H,13,14). The zero-order chi connectivity index (χ0) is 12.8. The number of thioether (sulfide) groups is 2. The number of carbonyl (C=O) groups is 1. The Hall–Kier alpha value is -0.330. The minimum Gasteiger partial charge on any atom is -0.396 e. The van der Waals surface area contributed by atoms with Crippen molar-refractivity contribution in [3.05, 3.63) is 4.88 Å². The van der Waals surface area contributed by atoms with Gasteiger partial charge in [0.1, 0.15) is 4.88 Å². The van der Waals surface area contributed by atoms with Crippen molar-refractivity contribution >= 4 is 46.5 Å². The number of nitrogens with two attached hydrogens (primary N) is 1. The van der Waals surface area contributed by atoms with Gasteiger partial charge >= 0.3 is 0 Å². The largest absolute Gasteiger partial charge is 0.396 e. The van der Waals surface area contributed by atoms with E-state index in [0.29, 0.717) is 17.1 Å². The van der Waals surface area contributed by atoms with E-state index in [1.807, 2.05) is 13.2 Å². The highest BCUT2D eigenvalue weighted by molar-refractivity contribution is 8.03. The van der Waals surface area contributed by atoms with Crippen LogP contribution in [0, 0.1) is 0 Å². The van der Waals surface area contributed by atoms with Gasteiger partial charge in [-0.25, -0.2) is 0 Å². The molecule has 1 rings (SSSR count). The molecule has 0 spiro atoms. The van der Waals surface area contributed by atoms with Crippen molar-refractivity contribution in [3.63, 3.8) is 0 Å². The summed E-state index contributed by atoms with van der Waals surface area (Å²) in [6, 6.07) is 0. The Morgan fingerprint density at radius 3 is 2.71 bits per heavy atom. The van der Waals surface area contributed by atoms with Crippen LogP contribution in [0.15, 0.2) is 9.10 Å². The smallest absolute Gasteiger partial charge is 0.263 e. The van der Waals surface area contributed by atoms with Crippen molar-refractivity contribution in [2.45, 2.75) is 29.4 Å². The predicted octanol–water partition coefficient (Wildman–Crippen LogP) is 3.30. The number of amides is 1. The molecule has 3 nitrogen and oxygen atoms in total. The second kappa shape index (κ2) is 7.18. The summed E-state index contributed by atoms with van der Waals surface area (Å²) < 4.78 is 1.15. The van der Waals surface area contributed by atoms with Gasteiger partial charge in [0, 0.05) is 6.54 Å². The molecule has 96 valence electrons. The SMILES string of the molecule is CCCNC(=O)c1sc(SCC)c(SC)c1N. The van der Waals surface area contributed by atoms with E-state index in [1.54, 1.807) is 23.5 Å². The molecule has 0 aromatic carbocycles. The van der Waals surface area contributed by atoms with E-state index in [2.05, 4.69) is 12.2 Å². The highest BCUT2D eigenvalue weighted by Gasteiger charge is 2.20. The molecule has 0 saturated carbocycles. The van der Waals surface area contributed by atoms with Gasteiger partial charge in [0.05, 0.1) is 14.8 Å².